The van der Waals surface area contributed by atoms with Gasteiger partial charge in [-0.1, -0.05) is 11.6 Å². The summed E-state index contributed by atoms with van der Waals surface area (Å²) in [6, 6.07) is 3.55. The number of aliphatic hydroxyl groups is 1. The highest BCUT2D eigenvalue weighted by Gasteiger charge is 2.22. The monoisotopic (exact) mass is 256 g/mol. The van der Waals surface area contributed by atoms with Gasteiger partial charge in [-0.05, 0) is 23.3 Å². The van der Waals surface area contributed by atoms with E-state index in [2.05, 4.69) is 4.74 Å². The van der Waals surface area contributed by atoms with Crippen LogP contribution in [0.15, 0.2) is 12.1 Å². The van der Waals surface area contributed by atoms with Crippen LogP contribution in [0.4, 0.5) is 0 Å². The van der Waals surface area contributed by atoms with Gasteiger partial charge in [0.25, 0.3) is 0 Å². The van der Waals surface area contributed by atoms with Crippen LogP contribution in [0.5, 0.6) is 5.75 Å². The summed E-state index contributed by atoms with van der Waals surface area (Å²) in [5.74, 6) is 0.0778. The minimum Gasteiger partial charge on any atom is -0.493 e. The quantitative estimate of drug-likeness (QED) is 0.830. The van der Waals surface area contributed by atoms with Gasteiger partial charge in [0.15, 0.2) is 6.10 Å². The van der Waals surface area contributed by atoms with Crippen molar-refractivity contribution in [2.24, 2.45) is 0 Å². The van der Waals surface area contributed by atoms with E-state index in [-0.39, 0.29) is 6.42 Å². The van der Waals surface area contributed by atoms with Gasteiger partial charge in [-0.15, -0.1) is 0 Å². The molecule has 1 aliphatic heterocycles. The Bertz CT molecular complexity index is 444. The van der Waals surface area contributed by atoms with Crippen molar-refractivity contribution in [2.75, 3.05) is 13.7 Å². The zero-order chi connectivity index (χ0) is 12.4. The molecule has 0 fully saturated rings. The van der Waals surface area contributed by atoms with E-state index in [4.69, 9.17) is 16.3 Å². The summed E-state index contributed by atoms with van der Waals surface area (Å²) < 4.78 is 9.95. The van der Waals surface area contributed by atoms with Crippen LogP contribution < -0.4 is 4.74 Å². The lowest BCUT2D eigenvalue weighted by Crippen LogP contribution is -2.24. The Morgan fingerprint density at radius 1 is 1.65 bits per heavy atom. The molecule has 1 atom stereocenters. The molecule has 0 spiro atoms. The van der Waals surface area contributed by atoms with Crippen molar-refractivity contribution in [3.05, 3.63) is 28.3 Å². The van der Waals surface area contributed by atoms with Crippen molar-refractivity contribution in [3.63, 3.8) is 0 Å². The molecule has 1 N–H and O–H groups in total. The second kappa shape index (κ2) is 4.94. The third-order valence-corrected chi connectivity index (χ3v) is 2.93. The molecule has 1 aromatic rings. The van der Waals surface area contributed by atoms with Gasteiger partial charge < -0.3 is 14.6 Å². The fourth-order valence-corrected chi connectivity index (χ4v) is 2.19. The van der Waals surface area contributed by atoms with Gasteiger partial charge in [0, 0.05) is 17.9 Å². The second-order valence-electron chi connectivity index (χ2n) is 3.89. The number of ether oxygens (including phenoxy) is 2. The van der Waals surface area contributed by atoms with Gasteiger partial charge in [-0.25, -0.2) is 4.79 Å². The van der Waals surface area contributed by atoms with E-state index in [0.29, 0.717) is 11.6 Å². The zero-order valence-corrected chi connectivity index (χ0v) is 10.2. The number of benzene rings is 1. The van der Waals surface area contributed by atoms with Gasteiger partial charge in [0.1, 0.15) is 5.75 Å². The molecule has 0 saturated carbocycles. The lowest BCUT2D eigenvalue weighted by Gasteiger charge is -2.12. The third kappa shape index (κ3) is 2.53. The lowest BCUT2D eigenvalue weighted by atomic mass is 10.0. The number of hydrogen-bond donors (Lipinski definition) is 1. The Hall–Kier alpha value is -1.26. The number of fused-ring (bicyclic) bond motifs is 1. The van der Waals surface area contributed by atoms with Crippen molar-refractivity contribution in [1.29, 1.82) is 0 Å². The second-order valence-corrected chi connectivity index (χ2v) is 4.33. The molecule has 2 rings (SSSR count). The highest BCUT2D eigenvalue weighted by atomic mass is 35.5. The van der Waals surface area contributed by atoms with Gasteiger partial charge in [-0.2, -0.15) is 0 Å². The zero-order valence-electron chi connectivity index (χ0n) is 9.40. The Kier molecular flexibility index (Phi) is 3.54. The van der Waals surface area contributed by atoms with Crippen LogP contribution in [-0.2, 0) is 22.4 Å². The van der Waals surface area contributed by atoms with Crippen molar-refractivity contribution in [2.45, 2.75) is 18.9 Å². The van der Waals surface area contributed by atoms with Gasteiger partial charge in [0.05, 0.1) is 13.7 Å². The van der Waals surface area contributed by atoms with Crippen LogP contribution in [-0.4, -0.2) is 30.9 Å². The SMILES string of the molecule is COC(=O)C(O)Cc1cc(Cl)cc2c1OCC2. The van der Waals surface area contributed by atoms with Crippen LogP contribution in [0.3, 0.4) is 0 Å². The number of methoxy groups -OCH3 is 1. The molecule has 0 radical (unpaired) electrons. The van der Waals surface area contributed by atoms with Crippen molar-refractivity contribution >= 4 is 17.6 Å². The van der Waals surface area contributed by atoms with E-state index in [1.165, 1.54) is 7.11 Å². The minimum atomic E-state index is -1.19. The fourth-order valence-electron chi connectivity index (χ4n) is 1.93. The molecule has 4 nitrogen and oxygen atoms in total. The van der Waals surface area contributed by atoms with Crippen molar-refractivity contribution in [1.82, 2.24) is 0 Å². The maximum Gasteiger partial charge on any atom is 0.335 e. The van der Waals surface area contributed by atoms with Crippen LogP contribution in [0.25, 0.3) is 0 Å². The Balaban J connectivity index is 2.24. The minimum absolute atomic E-state index is 0.148. The number of carbonyl (C=O) groups excluding carboxylic acids is 1. The maximum absolute atomic E-state index is 11.2. The van der Waals surface area contributed by atoms with Gasteiger partial charge in [-0.3, -0.25) is 0 Å². The summed E-state index contributed by atoms with van der Waals surface area (Å²) >= 11 is 5.97. The molecule has 1 aliphatic rings. The third-order valence-electron chi connectivity index (χ3n) is 2.71. The first kappa shape index (κ1) is 12.2. The molecule has 0 saturated heterocycles. The highest BCUT2D eigenvalue weighted by Crippen LogP contribution is 2.33. The van der Waals surface area contributed by atoms with E-state index in [1.54, 1.807) is 6.07 Å². The molecule has 1 unspecified atom stereocenters. The van der Waals surface area contributed by atoms with Crippen LogP contribution >= 0.6 is 11.6 Å². The highest BCUT2D eigenvalue weighted by molar-refractivity contribution is 6.30. The first-order chi connectivity index (χ1) is 8.11. The number of esters is 1. The number of halogens is 1. The number of rotatable bonds is 3. The Morgan fingerprint density at radius 2 is 2.41 bits per heavy atom. The number of aliphatic hydroxyl groups excluding tert-OH is 1. The smallest absolute Gasteiger partial charge is 0.335 e. The summed E-state index contributed by atoms with van der Waals surface area (Å²) in [6.45, 7) is 0.608. The van der Waals surface area contributed by atoms with E-state index in [0.717, 1.165) is 23.3 Å². The lowest BCUT2D eigenvalue weighted by molar-refractivity contribution is -0.150. The first-order valence-corrected chi connectivity index (χ1v) is 5.69. The molecule has 5 heteroatoms. The first-order valence-electron chi connectivity index (χ1n) is 5.32. The average Bonchev–Trinajstić information content (AvgIpc) is 2.75. The summed E-state index contributed by atoms with van der Waals surface area (Å²) in [7, 11) is 1.24. The van der Waals surface area contributed by atoms with Crippen LogP contribution in [0.2, 0.25) is 5.02 Å². The predicted molar refractivity (Wildman–Crippen MR) is 62.4 cm³/mol. The van der Waals surface area contributed by atoms with E-state index < -0.39 is 12.1 Å². The van der Waals surface area contributed by atoms with Gasteiger partial charge >= 0.3 is 5.97 Å². The van der Waals surface area contributed by atoms with Gasteiger partial charge in [0.2, 0.25) is 0 Å². The van der Waals surface area contributed by atoms with Crippen molar-refractivity contribution < 1.29 is 19.4 Å². The summed E-state index contributed by atoms with van der Waals surface area (Å²) in [4.78, 5) is 11.2. The van der Waals surface area contributed by atoms with E-state index in [9.17, 15) is 9.90 Å². The molecule has 0 aromatic heterocycles. The largest absolute Gasteiger partial charge is 0.493 e. The standard InChI is InChI=1S/C12H13ClO4/c1-16-12(15)10(14)6-8-5-9(13)4-7-2-3-17-11(7)8/h4-5,10,14H,2-3,6H2,1H3. The van der Waals surface area contributed by atoms with Crippen LogP contribution in [0.1, 0.15) is 11.1 Å². The fraction of sp³-hybridized carbons (Fsp3) is 0.417. The molecule has 1 aromatic carbocycles. The predicted octanol–water partition coefficient (Wildman–Crippen LogP) is 1.35. The Labute approximate surface area is 104 Å². The molecular weight excluding hydrogens is 244 g/mol. The van der Waals surface area contributed by atoms with Crippen molar-refractivity contribution in [3.8, 4) is 5.75 Å². The van der Waals surface area contributed by atoms with Crippen LogP contribution in [0, 0.1) is 0 Å². The van der Waals surface area contributed by atoms with E-state index >= 15 is 0 Å². The molecule has 0 bridgehead atoms. The summed E-state index contributed by atoms with van der Waals surface area (Å²) in [5, 5.41) is 10.2. The molecule has 92 valence electrons. The summed E-state index contributed by atoms with van der Waals surface area (Å²) in [5.41, 5.74) is 1.76. The Morgan fingerprint density at radius 3 is 3.12 bits per heavy atom. The van der Waals surface area contributed by atoms with E-state index in [1.807, 2.05) is 6.07 Å². The molecular formula is C12H13ClO4. The topological polar surface area (TPSA) is 55.8 Å². The molecule has 0 amide bonds. The normalized spacial score (nSPS) is 15.0. The maximum atomic E-state index is 11.2. The summed E-state index contributed by atoms with van der Waals surface area (Å²) in [6.07, 6.45) is -0.237. The molecule has 17 heavy (non-hydrogen) atoms. The molecule has 1 heterocycles. The number of carbonyl (C=O) groups is 1. The molecule has 0 aliphatic carbocycles. The average molecular weight is 257 g/mol. The number of hydrogen-bond acceptors (Lipinski definition) is 4.